The maximum Gasteiger partial charge on any atom is 0.311 e. The Balaban J connectivity index is 1.57. The summed E-state index contributed by atoms with van der Waals surface area (Å²) in [6, 6.07) is 3.83. The third kappa shape index (κ3) is 1.75. The van der Waals surface area contributed by atoms with Crippen LogP contribution in [0.25, 0.3) is 11.7 Å². The second kappa shape index (κ2) is 4.47. The van der Waals surface area contributed by atoms with Gasteiger partial charge in [-0.2, -0.15) is 0 Å². The van der Waals surface area contributed by atoms with Crippen molar-refractivity contribution in [2.24, 2.45) is 5.92 Å². The number of carbonyl (C=O) groups is 1. The SMILES string of the molecule is O=C(c1nnc(-c2ccco2)o1)N1CC[C@@H]2CCC[C@@H]21. The number of hydrogen-bond donors (Lipinski definition) is 0. The number of likely N-dealkylation sites (tertiary alicyclic amines) is 1. The monoisotopic (exact) mass is 273 g/mol. The van der Waals surface area contributed by atoms with Crippen LogP contribution >= 0.6 is 0 Å². The number of hydrogen-bond acceptors (Lipinski definition) is 5. The van der Waals surface area contributed by atoms with Crippen LogP contribution < -0.4 is 0 Å². The summed E-state index contributed by atoms with van der Waals surface area (Å²) in [6.07, 6.45) is 6.16. The molecule has 20 heavy (non-hydrogen) atoms. The molecule has 0 radical (unpaired) electrons. The van der Waals surface area contributed by atoms with Gasteiger partial charge < -0.3 is 13.7 Å². The summed E-state index contributed by atoms with van der Waals surface area (Å²) in [5, 5.41) is 7.74. The number of carbonyl (C=O) groups excluding carboxylic acids is 1. The molecule has 6 nitrogen and oxygen atoms in total. The van der Waals surface area contributed by atoms with Crippen LogP contribution in [0.4, 0.5) is 0 Å². The maximum absolute atomic E-state index is 12.5. The molecular formula is C14H15N3O3. The van der Waals surface area contributed by atoms with E-state index in [1.807, 2.05) is 4.90 Å². The van der Waals surface area contributed by atoms with Crippen LogP contribution in [0, 0.1) is 5.92 Å². The molecule has 2 aromatic heterocycles. The van der Waals surface area contributed by atoms with Gasteiger partial charge >= 0.3 is 11.8 Å². The van der Waals surface area contributed by atoms with Crippen molar-refractivity contribution in [2.45, 2.75) is 31.7 Å². The van der Waals surface area contributed by atoms with Crippen molar-refractivity contribution < 1.29 is 13.6 Å². The van der Waals surface area contributed by atoms with Gasteiger partial charge in [0.2, 0.25) is 0 Å². The first-order valence-electron chi connectivity index (χ1n) is 7.01. The molecule has 2 fully saturated rings. The lowest BCUT2D eigenvalue weighted by atomic mass is 10.0. The molecule has 2 aromatic rings. The van der Waals surface area contributed by atoms with Crippen LogP contribution in [0.1, 0.15) is 36.4 Å². The Bertz CT molecular complexity index is 619. The smallest absolute Gasteiger partial charge is 0.311 e. The summed E-state index contributed by atoms with van der Waals surface area (Å²) in [5.41, 5.74) is 0. The molecule has 2 atom stereocenters. The van der Waals surface area contributed by atoms with E-state index >= 15 is 0 Å². The van der Waals surface area contributed by atoms with E-state index in [1.165, 1.54) is 19.1 Å². The summed E-state index contributed by atoms with van der Waals surface area (Å²) in [7, 11) is 0. The zero-order chi connectivity index (χ0) is 13.5. The van der Waals surface area contributed by atoms with E-state index in [1.54, 1.807) is 12.1 Å². The fourth-order valence-electron chi connectivity index (χ4n) is 3.42. The van der Waals surface area contributed by atoms with E-state index in [4.69, 9.17) is 8.83 Å². The molecule has 1 amide bonds. The third-order valence-electron chi connectivity index (χ3n) is 4.36. The van der Waals surface area contributed by atoms with Gasteiger partial charge in [0.05, 0.1) is 6.26 Å². The van der Waals surface area contributed by atoms with Gasteiger partial charge in [0.15, 0.2) is 5.76 Å². The van der Waals surface area contributed by atoms with Gasteiger partial charge in [-0.3, -0.25) is 4.79 Å². The fourth-order valence-corrected chi connectivity index (χ4v) is 3.42. The van der Waals surface area contributed by atoms with Crippen molar-refractivity contribution in [2.75, 3.05) is 6.54 Å². The average molecular weight is 273 g/mol. The normalized spacial score (nSPS) is 25.1. The van der Waals surface area contributed by atoms with Crippen LogP contribution in [0.2, 0.25) is 0 Å². The van der Waals surface area contributed by atoms with Gasteiger partial charge in [0, 0.05) is 12.6 Å². The molecule has 1 saturated carbocycles. The Morgan fingerprint density at radius 1 is 1.30 bits per heavy atom. The molecular weight excluding hydrogens is 258 g/mol. The highest BCUT2D eigenvalue weighted by atomic mass is 16.4. The molecule has 2 aliphatic rings. The molecule has 1 saturated heterocycles. The highest BCUT2D eigenvalue weighted by Crippen LogP contribution is 2.38. The molecule has 6 heteroatoms. The Kier molecular flexibility index (Phi) is 2.61. The molecule has 3 heterocycles. The molecule has 0 N–H and O–H groups in total. The van der Waals surface area contributed by atoms with Gasteiger partial charge in [-0.25, -0.2) is 0 Å². The number of rotatable bonds is 2. The number of amides is 1. The largest absolute Gasteiger partial charge is 0.459 e. The second-order valence-electron chi connectivity index (χ2n) is 5.44. The lowest BCUT2D eigenvalue weighted by Gasteiger charge is -2.21. The summed E-state index contributed by atoms with van der Waals surface area (Å²) < 4.78 is 10.6. The van der Waals surface area contributed by atoms with Crippen molar-refractivity contribution in [3.8, 4) is 11.7 Å². The van der Waals surface area contributed by atoms with Crippen molar-refractivity contribution >= 4 is 5.91 Å². The molecule has 0 unspecified atom stereocenters. The number of furan rings is 1. The number of nitrogens with zero attached hydrogens (tertiary/aromatic N) is 3. The van der Waals surface area contributed by atoms with E-state index in [9.17, 15) is 4.79 Å². The Morgan fingerprint density at radius 3 is 3.10 bits per heavy atom. The standard InChI is InChI=1S/C14H15N3O3/c18-14(17-7-6-9-3-1-4-10(9)17)13-16-15-12(20-13)11-5-2-8-19-11/h2,5,8-10H,1,3-4,6-7H2/t9-,10-/m0/s1. The quantitative estimate of drug-likeness (QED) is 0.839. The van der Waals surface area contributed by atoms with E-state index in [0.717, 1.165) is 19.4 Å². The van der Waals surface area contributed by atoms with Crippen molar-refractivity contribution in [1.29, 1.82) is 0 Å². The van der Waals surface area contributed by atoms with Gasteiger partial charge in [-0.05, 0) is 37.3 Å². The second-order valence-corrected chi connectivity index (χ2v) is 5.44. The Hall–Kier alpha value is -2.11. The van der Waals surface area contributed by atoms with Crippen molar-refractivity contribution in [3.63, 3.8) is 0 Å². The van der Waals surface area contributed by atoms with Crippen LogP contribution in [0.3, 0.4) is 0 Å². The predicted octanol–water partition coefficient (Wildman–Crippen LogP) is 2.34. The molecule has 4 rings (SSSR count). The van der Waals surface area contributed by atoms with Crippen molar-refractivity contribution in [3.05, 3.63) is 24.3 Å². The van der Waals surface area contributed by atoms with Crippen LogP contribution in [0.15, 0.2) is 27.2 Å². The first kappa shape index (κ1) is 11.7. The Labute approximate surface area is 115 Å². The van der Waals surface area contributed by atoms with Gasteiger partial charge in [-0.1, -0.05) is 6.42 Å². The summed E-state index contributed by atoms with van der Waals surface area (Å²) in [4.78, 5) is 14.4. The van der Waals surface area contributed by atoms with Crippen molar-refractivity contribution in [1.82, 2.24) is 15.1 Å². The third-order valence-corrected chi connectivity index (χ3v) is 4.36. The van der Waals surface area contributed by atoms with E-state index in [-0.39, 0.29) is 17.7 Å². The lowest BCUT2D eigenvalue weighted by Crippen LogP contribution is -2.36. The van der Waals surface area contributed by atoms with E-state index in [2.05, 4.69) is 10.2 Å². The van der Waals surface area contributed by atoms with E-state index in [0.29, 0.717) is 17.7 Å². The first-order chi connectivity index (χ1) is 9.83. The minimum Gasteiger partial charge on any atom is -0.459 e. The highest BCUT2D eigenvalue weighted by molar-refractivity contribution is 5.90. The van der Waals surface area contributed by atoms with Crippen LogP contribution in [0.5, 0.6) is 0 Å². The minimum absolute atomic E-state index is 0.0592. The molecule has 1 aliphatic carbocycles. The topological polar surface area (TPSA) is 72.4 Å². The predicted molar refractivity (Wildman–Crippen MR) is 68.8 cm³/mol. The lowest BCUT2D eigenvalue weighted by molar-refractivity contribution is 0.0689. The highest BCUT2D eigenvalue weighted by Gasteiger charge is 2.41. The molecule has 104 valence electrons. The maximum atomic E-state index is 12.5. The number of fused-ring (bicyclic) bond motifs is 1. The minimum atomic E-state index is -0.148. The zero-order valence-electron chi connectivity index (χ0n) is 11.0. The average Bonchev–Trinajstić information content (AvgIpc) is 3.20. The molecule has 0 bridgehead atoms. The van der Waals surface area contributed by atoms with E-state index < -0.39 is 0 Å². The Morgan fingerprint density at radius 2 is 2.25 bits per heavy atom. The first-order valence-corrected chi connectivity index (χ1v) is 7.01. The molecule has 1 aliphatic heterocycles. The van der Waals surface area contributed by atoms with Gasteiger partial charge in [0.1, 0.15) is 0 Å². The van der Waals surface area contributed by atoms with Crippen LogP contribution in [-0.2, 0) is 0 Å². The number of aromatic nitrogens is 2. The zero-order valence-corrected chi connectivity index (χ0v) is 11.0. The molecule has 0 aromatic carbocycles. The molecule has 0 spiro atoms. The van der Waals surface area contributed by atoms with Crippen LogP contribution in [-0.4, -0.2) is 33.6 Å². The summed E-state index contributed by atoms with van der Waals surface area (Å²) in [5.74, 6) is 1.30. The fraction of sp³-hybridized carbons (Fsp3) is 0.500. The summed E-state index contributed by atoms with van der Waals surface area (Å²) >= 11 is 0. The summed E-state index contributed by atoms with van der Waals surface area (Å²) in [6.45, 7) is 0.798. The van der Waals surface area contributed by atoms with Gasteiger partial charge in [-0.15, -0.1) is 10.2 Å². The van der Waals surface area contributed by atoms with Gasteiger partial charge in [0.25, 0.3) is 5.89 Å².